The zero-order chi connectivity index (χ0) is 31.8. The predicted molar refractivity (Wildman–Crippen MR) is 169 cm³/mol. The molecule has 0 N–H and O–H groups in total. The molecule has 10 nitrogen and oxygen atoms in total. The van der Waals surface area contributed by atoms with Gasteiger partial charge < -0.3 is 37.9 Å². The van der Waals surface area contributed by atoms with Crippen molar-refractivity contribution in [2.45, 2.75) is 95.4 Å². The summed E-state index contributed by atoms with van der Waals surface area (Å²) in [4.78, 5) is 23.4. The number of esters is 2. The third kappa shape index (κ3) is 12.8. The van der Waals surface area contributed by atoms with Crippen molar-refractivity contribution in [1.82, 2.24) is 0 Å². The molecule has 2 unspecified atom stereocenters. The second-order valence-corrected chi connectivity index (χ2v) is 17.7. The van der Waals surface area contributed by atoms with Gasteiger partial charge in [-0.2, -0.15) is 0 Å². The molecule has 0 aliphatic carbocycles. The van der Waals surface area contributed by atoms with E-state index in [4.69, 9.17) is 33.2 Å². The molecule has 1 heterocycles. The number of ether oxygens (including phenoxy) is 8. The van der Waals surface area contributed by atoms with Crippen LogP contribution in [0.25, 0.3) is 0 Å². The summed E-state index contributed by atoms with van der Waals surface area (Å²) in [5.74, 6) is 1.00. The first-order chi connectivity index (χ1) is 20.5. The van der Waals surface area contributed by atoms with Crippen LogP contribution >= 0.6 is 11.8 Å². The number of carbonyl (C=O) groups excluding carboxylic acids is 2. The molecular formula is C31H50O10SSi. The van der Waals surface area contributed by atoms with Gasteiger partial charge in [-0.25, -0.2) is 0 Å². The number of hydrogen-bond donors (Lipinski definition) is 0. The Labute approximate surface area is 262 Å². The molecule has 244 valence electrons. The van der Waals surface area contributed by atoms with E-state index >= 15 is 0 Å². The highest BCUT2D eigenvalue weighted by Gasteiger charge is 2.51. The standard InChI is InChI=1S/C31H50O10SSi/c1-9-19-37-28-27(41-31(35-10-2)43(6,7)8)25(40-30(42-11-3)29(28)39-22(4)32)21-38-24-17-15-23(16-18-24)36-20-13-12-14-26(33)34-5/h9,15-18,25,27-31H,1,10-14,19-21H2,2-8H3/t25-,27+,28+,29-,30?,31?/m1/s1. The van der Waals surface area contributed by atoms with Crippen LogP contribution < -0.4 is 9.47 Å². The predicted octanol–water partition coefficient (Wildman–Crippen LogP) is 5.39. The van der Waals surface area contributed by atoms with Gasteiger partial charge in [-0.15, -0.1) is 18.3 Å². The highest BCUT2D eigenvalue weighted by atomic mass is 32.2. The Balaban J connectivity index is 2.22. The van der Waals surface area contributed by atoms with Crippen molar-refractivity contribution in [3.8, 4) is 11.5 Å². The van der Waals surface area contributed by atoms with Crippen LogP contribution in [0, 0.1) is 0 Å². The quantitative estimate of drug-likeness (QED) is 0.0600. The van der Waals surface area contributed by atoms with Crippen molar-refractivity contribution in [3.63, 3.8) is 0 Å². The maximum absolute atomic E-state index is 12.2. The molecule has 1 aliphatic heterocycles. The van der Waals surface area contributed by atoms with Crippen molar-refractivity contribution in [2.24, 2.45) is 0 Å². The van der Waals surface area contributed by atoms with Gasteiger partial charge in [0.05, 0.1) is 20.3 Å². The van der Waals surface area contributed by atoms with E-state index in [9.17, 15) is 9.59 Å². The number of rotatable bonds is 20. The summed E-state index contributed by atoms with van der Waals surface area (Å²) in [6.45, 7) is 17.0. The number of benzene rings is 1. The number of unbranched alkanes of at least 4 members (excludes halogenated alkanes) is 1. The topological polar surface area (TPSA) is 108 Å². The van der Waals surface area contributed by atoms with E-state index in [1.807, 2.05) is 38.1 Å². The molecule has 0 radical (unpaired) electrons. The van der Waals surface area contributed by atoms with E-state index in [1.54, 1.807) is 6.08 Å². The average molecular weight is 643 g/mol. The smallest absolute Gasteiger partial charge is 0.305 e. The maximum atomic E-state index is 12.2. The van der Waals surface area contributed by atoms with Crippen molar-refractivity contribution >= 4 is 31.8 Å². The second kappa shape index (κ2) is 19.3. The Kier molecular flexibility index (Phi) is 16.7. The van der Waals surface area contributed by atoms with E-state index in [-0.39, 0.29) is 19.2 Å². The monoisotopic (exact) mass is 642 g/mol. The molecule has 0 saturated carbocycles. The largest absolute Gasteiger partial charge is 0.494 e. The number of thioether (sulfide) groups is 1. The van der Waals surface area contributed by atoms with Gasteiger partial charge in [0.1, 0.15) is 55.8 Å². The van der Waals surface area contributed by atoms with Crippen LogP contribution in [0.2, 0.25) is 19.6 Å². The lowest BCUT2D eigenvalue weighted by Crippen LogP contribution is -2.63. The number of methoxy groups -OCH3 is 1. The normalized spacial score (nSPS) is 22.8. The molecule has 0 amide bonds. The van der Waals surface area contributed by atoms with E-state index in [0.717, 1.165) is 12.2 Å². The third-order valence-corrected chi connectivity index (χ3v) is 9.20. The summed E-state index contributed by atoms with van der Waals surface area (Å²) in [5, 5.41) is 0. The number of carbonyl (C=O) groups is 2. The van der Waals surface area contributed by atoms with Crippen molar-refractivity contribution in [1.29, 1.82) is 0 Å². The van der Waals surface area contributed by atoms with Crippen LogP contribution in [0.1, 0.15) is 40.0 Å². The summed E-state index contributed by atoms with van der Waals surface area (Å²) < 4.78 is 48.0. The molecule has 1 aromatic rings. The molecule has 2 rings (SSSR count). The fourth-order valence-electron chi connectivity index (χ4n) is 4.42. The lowest BCUT2D eigenvalue weighted by atomic mass is 9.99. The fraction of sp³-hybridized carbons (Fsp3) is 0.677. The van der Waals surface area contributed by atoms with Crippen molar-refractivity contribution in [3.05, 3.63) is 36.9 Å². The van der Waals surface area contributed by atoms with Gasteiger partial charge in [-0.3, -0.25) is 9.59 Å². The summed E-state index contributed by atoms with van der Waals surface area (Å²) in [6, 6.07) is 7.34. The highest BCUT2D eigenvalue weighted by Crippen LogP contribution is 2.35. The maximum Gasteiger partial charge on any atom is 0.305 e. The van der Waals surface area contributed by atoms with Crippen molar-refractivity contribution < 1.29 is 47.5 Å². The third-order valence-electron chi connectivity index (χ3n) is 6.45. The van der Waals surface area contributed by atoms with E-state index in [2.05, 4.69) is 31.0 Å². The molecule has 1 fully saturated rings. The van der Waals surface area contributed by atoms with Gasteiger partial charge in [-0.1, -0.05) is 32.6 Å². The highest BCUT2D eigenvalue weighted by molar-refractivity contribution is 7.99. The Hall–Kier alpha value is -2.09. The van der Waals surface area contributed by atoms with Gasteiger partial charge in [-0.05, 0) is 49.8 Å². The molecular weight excluding hydrogens is 592 g/mol. The molecule has 0 bridgehead atoms. The first-order valence-corrected chi connectivity index (χ1v) is 19.5. The van der Waals surface area contributed by atoms with Crippen LogP contribution in [0.4, 0.5) is 0 Å². The van der Waals surface area contributed by atoms with E-state index < -0.39 is 49.8 Å². The molecule has 1 aromatic carbocycles. The van der Waals surface area contributed by atoms with Crippen LogP contribution in [0.5, 0.6) is 11.5 Å². The summed E-state index contributed by atoms with van der Waals surface area (Å²) in [5.41, 5.74) is -0.482. The summed E-state index contributed by atoms with van der Waals surface area (Å²) >= 11 is 1.54. The SMILES string of the molecule is C=CCO[C@H]1[C@@H](OC(OCC)[Si](C)(C)C)[C@@H](COc2ccc(OCCCCC(=O)OC)cc2)OC(SCC)[C@@H]1OC(C)=O. The average Bonchev–Trinajstić information content (AvgIpc) is 2.96. The summed E-state index contributed by atoms with van der Waals surface area (Å²) in [6.07, 6.45) is 0.958. The lowest BCUT2D eigenvalue weighted by molar-refractivity contribution is -0.263. The fourth-order valence-corrected chi connectivity index (χ4v) is 6.60. The van der Waals surface area contributed by atoms with Gasteiger partial charge in [0.2, 0.25) is 0 Å². The minimum absolute atomic E-state index is 0.171. The van der Waals surface area contributed by atoms with Crippen LogP contribution in [0.3, 0.4) is 0 Å². The first kappa shape index (κ1) is 37.1. The van der Waals surface area contributed by atoms with Crippen LogP contribution in [-0.2, 0) is 38.0 Å². The molecule has 0 spiro atoms. The van der Waals surface area contributed by atoms with Gasteiger partial charge in [0, 0.05) is 20.0 Å². The van der Waals surface area contributed by atoms with Gasteiger partial charge in [0.25, 0.3) is 0 Å². The first-order valence-electron chi connectivity index (χ1n) is 14.9. The van der Waals surface area contributed by atoms with Crippen LogP contribution in [-0.4, -0.2) is 95.1 Å². The molecule has 0 aromatic heterocycles. The zero-order valence-electron chi connectivity index (χ0n) is 26.7. The minimum atomic E-state index is -1.95. The minimum Gasteiger partial charge on any atom is -0.494 e. The Morgan fingerprint density at radius 3 is 2.28 bits per heavy atom. The molecule has 1 aliphatic rings. The van der Waals surface area contributed by atoms with E-state index in [1.165, 1.54) is 25.8 Å². The zero-order valence-corrected chi connectivity index (χ0v) is 28.5. The van der Waals surface area contributed by atoms with E-state index in [0.29, 0.717) is 37.6 Å². The van der Waals surface area contributed by atoms with Gasteiger partial charge in [0.15, 0.2) is 6.10 Å². The lowest BCUT2D eigenvalue weighted by Gasteiger charge is -2.47. The second-order valence-electron chi connectivity index (χ2n) is 11.1. The molecule has 12 heteroatoms. The molecule has 43 heavy (non-hydrogen) atoms. The Morgan fingerprint density at radius 2 is 1.72 bits per heavy atom. The van der Waals surface area contributed by atoms with Crippen molar-refractivity contribution in [2.75, 3.05) is 39.3 Å². The molecule has 6 atom stereocenters. The number of hydrogen-bond acceptors (Lipinski definition) is 11. The Morgan fingerprint density at radius 1 is 1.05 bits per heavy atom. The molecule has 1 saturated heterocycles. The Bertz CT molecular complexity index is 970. The van der Waals surface area contributed by atoms with Gasteiger partial charge >= 0.3 is 11.9 Å². The van der Waals surface area contributed by atoms with Crippen LogP contribution in [0.15, 0.2) is 36.9 Å². The summed E-state index contributed by atoms with van der Waals surface area (Å²) in [7, 11) is -0.565.